The minimum atomic E-state index is -3.51. The zero-order valence-electron chi connectivity index (χ0n) is 19.1. The van der Waals surface area contributed by atoms with Gasteiger partial charge in [0.15, 0.2) is 0 Å². The smallest absolute Gasteiger partial charge is 0.242 e. The largest absolute Gasteiger partial charge is 0.371 e. The summed E-state index contributed by atoms with van der Waals surface area (Å²) in [4.78, 5) is 7.50. The predicted octanol–water partition coefficient (Wildman–Crippen LogP) is 4.69. The second kappa shape index (κ2) is 10.2. The van der Waals surface area contributed by atoms with Crippen LogP contribution < -0.4 is 5.32 Å². The number of sulfonamides is 1. The van der Waals surface area contributed by atoms with E-state index in [-0.39, 0.29) is 4.90 Å². The van der Waals surface area contributed by atoms with Crippen LogP contribution in [0, 0.1) is 0 Å². The molecule has 1 aromatic heterocycles. The van der Waals surface area contributed by atoms with E-state index in [1.165, 1.54) is 48.9 Å². The Hall–Kier alpha value is -2.55. The van der Waals surface area contributed by atoms with Gasteiger partial charge in [0.1, 0.15) is 4.99 Å². The molecule has 2 heterocycles. The number of benzene rings is 1. The molecule has 0 spiro atoms. The van der Waals surface area contributed by atoms with Crippen LogP contribution in [-0.4, -0.2) is 54.8 Å². The van der Waals surface area contributed by atoms with Gasteiger partial charge in [0.25, 0.3) is 0 Å². The van der Waals surface area contributed by atoms with Crippen molar-refractivity contribution in [3.63, 3.8) is 0 Å². The van der Waals surface area contributed by atoms with Crippen molar-refractivity contribution in [2.75, 3.05) is 32.5 Å². The number of allylic oxidation sites excluding steroid dienone is 1. The second-order valence-electron chi connectivity index (χ2n) is 8.59. The van der Waals surface area contributed by atoms with Crippen LogP contribution in [0.15, 0.2) is 70.5 Å². The first-order valence-electron chi connectivity index (χ1n) is 11.3. The van der Waals surface area contributed by atoms with E-state index in [0.29, 0.717) is 10.7 Å². The number of nitrogens with one attached hydrogen (secondary N) is 1. The molecular formula is C25H30N4O2S2. The molecule has 8 heteroatoms. The van der Waals surface area contributed by atoms with Gasteiger partial charge in [-0.15, -0.1) is 0 Å². The van der Waals surface area contributed by atoms with Crippen LogP contribution in [0.1, 0.15) is 37.7 Å². The number of rotatable bonds is 6. The predicted molar refractivity (Wildman–Crippen MR) is 137 cm³/mol. The fraction of sp³-hybridized carbons (Fsp3) is 0.360. The van der Waals surface area contributed by atoms with Crippen LogP contribution in [0.5, 0.6) is 0 Å². The molecule has 0 unspecified atom stereocenters. The van der Waals surface area contributed by atoms with Gasteiger partial charge < -0.3 is 10.2 Å². The van der Waals surface area contributed by atoms with Crippen molar-refractivity contribution in [1.29, 1.82) is 0 Å². The summed E-state index contributed by atoms with van der Waals surface area (Å²) >= 11 is 5.86. The van der Waals surface area contributed by atoms with E-state index in [9.17, 15) is 8.42 Å². The van der Waals surface area contributed by atoms with Crippen molar-refractivity contribution in [1.82, 2.24) is 14.2 Å². The fourth-order valence-electron chi connectivity index (χ4n) is 4.38. The van der Waals surface area contributed by atoms with Gasteiger partial charge in [0, 0.05) is 56.5 Å². The van der Waals surface area contributed by atoms with Crippen LogP contribution in [0.2, 0.25) is 0 Å². The monoisotopic (exact) mass is 482 g/mol. The molecule has 1 N–H and O–H groups in total. The highest BCUT2D eigenvalue weighted by atomic mass is 32.2. The highest BCUT2D eigenvalue weighted by molar-refractivity contribution is 7.89. The zero-order chi connectivity index (χ0) is 23.4. The SMILES string of the molecule is CN(C)S(=O)(=O)c1cccc(NC(=S)C2=C(N3CCCCC3)/C(=C\c3ccncc3)CC2)c1. The van der Waals surface area contributed by atoms with Crippen LogP contribution in [0.25, 0.3) is 6.08 Å². The average Bonchev–Trinajstić information content (AvgIpc) is 3.24. The molecule has 0 amide bonds. The molecule has 4 rings (SSSR count). The number of likely N-dealkylation sites (tertiary alicyclic amines) is 1. The molecule has 174 valence electrons. The minimum Gasteiger partial charge on any atom is -0.371 e. The van der Waals surface area contributed by atoms with Crippen molar-refractivity contribution in [2.45, 2.75) is 37.0 Å². The Morgan fingerprint density at radius 1 is 1.09 bits per heavy atom. The van der Waals surface area contributed by atoms with Crippen molar-refractivity contribution in [2.24, 2.45) is 0 Å². The van der Waals surface area contributed by atoms with Gasteiger partial charge in [0.2, 0.25) is 10.0 Å². The molecule has 1 aliphatic heterocycles. The summed E-state index contributed by atoms with van der Waals surface area (Å²) in [5.41, 5.74) is 5.48. The van der Waals surface area contributed by atoms with Crippen molar-refractivity contribution < 1.29 is 8.42 Å². The standard InChI is InChI=1S/C25H30N4O2S2/c1-28(2)33(30,31)22-8-6-7-21(18-22)27-25(32)23-10-9-20(17-19-11-13-26-14-12-19)24(23)29-15-4-3-5-16-29/h6-8,11-14,17-18H,3-5,9-10,15-16H2,1-2H3,(H,27,32)/b20-17-. The number of thiocarbonyl (C=S) groups is 1. The second-order valence-corrected chi connectivity index (χ2v) is 11.2. The summed E-state index contributed by atoms with van der Waals surface area (Å²) in [6.45, 7) is 2.07. The van der Waals surface area contributed by atoms with E-state index in [1.54, 1.807) is 18.2 Å². The van der Waals surface area contributed by atoms with E-state index in [0.717, 1.165) is 37.1 Å². The Balaban J connectivity index is 1.66. The lowest BCUT2D eigenvalue weighted by Crippen LogP contribution is -2.31. The Morgan fingerprint density at radius 2 is 1.82 bits per heavy atom. The van der Waals surface area contributed by atoms with Gasteiger partial charge in [0.05, 0.1) is 4.90 Å². The van der Waals surface area contributed by atoms with E-state index < -0.39 is 10.0 Å². The molecule has 2 aliphatic rings. The lowest BCUT2D eigenvalue weighted by atomic mass is 10.0. The number of piperidine rings is 1. The first kappa shape index (κ1) is 23.6. The Labute approximate surface area is 202 Å². The quantitative estimate of drug-likeness (QED) is 0.603. The van der Waals surface area contributed by atoms with Crippen molar-refractivity contribution in [3.8, 4) is 0 Å². The molecular weight excluding hydrogens is 452 g/mol. The number of pyridine rings is 1. The zero-order valence-corrected chi connectivity index (χ0v) is 20.8. The average molecular weight is 483 g/mol. The first-order valence-corrected chi connectivity index (χ1v) is 13.1. The molecule has 1 fully saturated rings. The molecule has 1 aromatic carbocycles. The van der Waals surface area contributed by atoms with Crippen LogP contribution >= 0.6 is 12.2 Å². The van der Waals surface area contributed by atoms with Crippen molar-refractivity contribution in [3.05, 3.63) is 71.2 Å². The Kier molecular flexibility index (Phi) is 7.26. The van der Waals surface area contributed by atoms with Gasteiger partial charge in [-0.25, -0.2) is 12.7 Å². The molecule has 0 saturated carbocycles. The van der Waals surface area contributed by atoms with Crippen LogP contribution in [0.4, 0.5) is 5.69 Å². The molecule has 2 aromatic rings. The summed E-state index contributed by atoms with van der Waals surface area (Å²) in [5.74, 6) is 0. The van der Waals surface area contributed by atoms with Gasteiger partial charge in [-0.3, -0.25) is 4.98 Å². The number of hydrogen-bond donors (Lipinski definition) is 1. The fourth-order valence-corrected chi connectivity index (χ4v) is 5.64. The molecule has 33 heavy (non-hydrogen) atoms. The van der Waals surface area contributed by atoms with Gasteiger partial charge in [-0.1, -0.05) is 18.3 Å². The van der Waals surface area contributed by atoms with Gasteiger partial charge >= 0.3 is 0 Å². The van der Waals surface area contributed by atoms with E-state index >= 15 is 0 Å². The van der Waals surface area contributed by atoms with Crippen LogP contribution in [0.3, 0.4) is 0 Å². The molecule has 1 saturated heterocycles. The summed E-state index contributed by atoms with van der Waals surface area (Å²) in [6, 6.07) is 10.9. The third kappa shape index (κ3) is 5.34. The lowest BCUT2D eigenvalue weighted by Gasteiger charge is -2.32. The maximum Gasteiger partial charge on any atom is 0.242 e. The summed E-state index contributed by atoms with van der Waals surface area (Å²) < 4.78 is 26.3. The number of hydrogen-bond acceptors (Lipinski definition) is 5. The topological polar surface area (TPSA) is 65.5 Å². The molecule has 0 radical (unpaired) electrons. The summed E-state index contributed by atoms with van der Waals surface area (Å²) in [5, 5.41) is 3.32. The number of aromatic nitrogens is 1. The van der Waals surface area contributed by atoms with E-state index in [2.05, 4.69) is 21.3 Å². The minimum absolute atomic E-state index is 0.246. The van der Waals surface area contributed by atoms with Gasteiger partial charge in [-0.2, -0.15) is 0 Å². The van der Waals surface area contributed by atoms with Gasteiger partial charge in [-0.05, 0) is 79.6 Å². The maximum absolute atomic E-state index is 12.5. The molecule has 0 bridgehead atoms. The first-order chi connectivity index (χ1) is 15.9. The molecule has 0 atom stereocenters. The van der Waals surface area contributed by atoms with Crippen molar-refractivity contribution >= 4 is 39.0 Å². The Morgan fingerprint density at radius 3 is 2.52 bits per heavy atom. The number of nitrogens with zero attached hydrogens (tertiary/aromatic N) is 3. The number of anilines is 1. The summed E-state index contributed by atoms with van der Waals surface area (Å²) in [6.07, 6.45) is 11.3. The third-order valence-electron chi connectivity index (χ3n) is 6.10. The van der Waals surface area contributed by atoms with E-state index in [1.807, 2.05) is 30.6 Å². The van der Waals surface area contributed by atoms with Crippen LogP contribution in [-0.2, 0) is 10.0 Å². The lowest BCUT2D eigenvalue weighted by molar-refractivity contribution is 0.290. The normalized spacial score (nSPS) is 18.3. The highest BCUT2D eigenvalue weighted by Crippen LogP contribution is 2.37. The van der Waals surface area contributed by atoms with E-state index in [4.69, 9.17) is 12.2 Å². The molecule has 6 nitrogen and oxygen atoms in total. The summed E-state index contributed by atoms with van der Waals surface area (Å²) in [7, 11) is -0.444. The Bertz CT molecular complexity index is 1180. The third-order valence-corrected chi connectivity index (χ3v) is 8.26. The molecule has 1 aliphatic carbocycles. The maximum atomic E-state index is 12.5. The highest BCUT2D eigenvalue weighted by Gasteiger charge is 2.28.